The number of aliphatic hydroxyl groups is 5. The summed E-state index contributed by atoms with van der Waals surface area (Å²) in [6, 6.07) is 50.2. The van der Waals surface area contributed by atoms with E-state index in [9.17, 15) is 25.5 Å². The average Bonchev–Trinajstić information content (AvgIpc) is 3.39. The van der Waals surface area contributed by atoms with Crippen LogP contribution in [0.4, 0.5) is 0 Å². The lowest BCUT2D eigenvalue weighted by Gasteiger charge is -2.36. The van der Waals surface area contributed by atoms with E-state index in [1.807, 2.05) is 140 Å². The highest BCUT2D eigenvalue weighted by molar-refractivity contribution is 5.22. The first-order valence-corrected chi connectivity index (χ1v) is 23.6. The van der Waals surface area contributed by atoms with Crippen molar-refractivity contribution in [1.82, 2.24) is 14.7 Å². The lowest BCUT2D eigenvalue weighted by molar-refractivity contribution is -0.0318. The van der Waals surface area contributed by atoms with E-state index in [4.69, 9.17) is 23.7 Å². The topological polar surface area (TPSA) is 157 Å². The van der Waals surface area contributed by atoms with E-state index in [-0.39, 0.29) is 96.6 Å². The van der Waals surface area contributed by atoms with Gasteiger partial charge in [0.05, 0.1) is 96.6 Å². The summed E-state index contributed by atoms with van der Waals surface area (Å²) in [6.07, 6.45) is -1.74. The summed E-state index contributed by atoms with van der Waals surface area (Å²) in [7, 11) is 0. The predicted octanol–water partition coefficient (Wildman–Crippen LogP) is 5.64. The van der Waals surface area contributed by atoms with Gasteiger partial charge in [0.1, 0.15) is 0 Å². The Bertz CT molecular complexity index is 1720. The quantitative estimate of drug-likeness (QED) is 0.0337. The fraction of sp³-hybridized carbons (Fsp3) is 0.444. The summed E-state index contributed by atoms with van der Waals surface area (Å²) in [5, 5.41) is 49.4. The Hall–Kier alpha value is -4.42. The molecule has 0 heterocycles. The lowest BCUT2D eigenvalue weighted by atomic mass is 10.1. The molecule has 0 aromatic heterocycles. The standard InChI is InChI=1S/C54H73N3O10/c58-30-35-63-50(45-16-6-1-7-17-45)40-55(26-28-56(41-51(64-36-31-59)46-18-8-2-9-19-46)42-52(65-37-32-60)47-20-10-3-11-21-47)27-29-57(43-53(66-38-33-61)48-22-12-4-13-23-48)44-54(67-39-34-62)49-24-14-5-15-25-49/h1-25,50-54,58-62H,26-44H2. The fourth-order valence-electron chi connectivity index (χ4n) is 8.13. The van der Waals surface area contributed by atoms with Crippen LogP contribution in [0.15, 0.2) is 152 Å². The molecule has 5 rings (SSSR count). The molecular formula is C54H73N3O10. The van der Waals surface area contributed by atoms with Gasteiger partial charge in [0, 0.05) is 58.9 Å². The van der Waals surface area contributed by atoms with Gasteiger partial charge in [0.25, 0.3) is 0 Å². The van der Waals surface area contributed by atoms with Crippen LogP contribution in [0.1, 0.15) is 58.3 Å². The van der Waals surface area contributed by atoms with Crippen LogP contribution in [0.25, 0.3) is 0 Å². The van der Waals surface area contributed by atoms with E-state index < -0.39 is 0 Å². The van der Waals surface area contributed by atoms with E-state index in [1.165, 1.54) is 0 Å². The van der Waals surface area contributed by atoms with Crippen molar-refractivity contribution in [1.29, 1.82) is 0 Å². The van der Waals surface area contributed by atoms with Gasteiger partial charge < -0.3 is 49.2 Å². The minimum atomic E-state index is -0.348. The summed E-state index contributed by atoms with van der Waals surface area (Å²) in [4.78, 5) is 7.07. The number of hydrogen-bond donors (Lipinski definition) is 5. The summed E-state index contributed by atoms with van der Waals surface area (Å²) >= 11 is 0. The van der Waals surface area contributed by atoms with E-state index in [0.717, 1.165) is 27.8 Å². The molecule has 13 nitrogen and oxygen atoms in total. The molecule has 5 N–H and O–H groups in total. The third kappa shape index (κ3) is 19.6. The number of ether oxygens (including phenoxy) is 5. The number of hydrogen-bond acceptors (Lipinski definition) is 13. The molecule has 364 valence electrons. The third-order valence-electron chi connectivity index (χ3n) is 11.5. The first-order valence-electron chi connectivity index (χ1n) is 23.6. The van der Waals surface area contributed by atoms with Crippen molar-refractivity contribution in [3.63, 3.8) is 0 Å². The minimum absolute atomic E-state index is 0.110. The molecule has 5 atom stereocenters. The van der Waals surface area contributed by atoms with Crippen molar-refractivity contribution in [3.05, 3.63) is 179 Å². The van der Waals surface area contributed by atoms with Crippen molar-refractivity contribution in [2.24, 2.45) is 0 Å². The second-order valence-corrected chi connectivity index (χ2v) is 16.3. The average molecular weight is 924 g/mol. The van der Waals surface area contributed by atoms with Crippen LogP contribution in [0.2, 0.25) is 0 Å². The Morgan fingerprint density at radius 1 is 0.269 bits per heavy atom. The van der Waals surface area contributed by atoms with Gasteiger partial charge in [-0.3, -0.25) is 14.7 Å². The van der Waals surface area contributed by atoms with E-state index in [2.05, 4.69) is 26.8 Å². The first-order chi connectivity index (χ1) is 33.0. The molecular weight excluding hydrogens is 851 g/mol. The van der Waals surface area contributed by atoms with Crippen LogP contribution in [0.5, 0.6) is 0 Å². The van der Waals surface area contributed by atoms with Gasteiger partial charge in [0.15, 0.2) is 0 Å². The molecule has 0 radical (unpaired) electrons. The molecule has 0 aliphatic heterocycles. The van der Waals surface area contributed by atoms with Gasteiger partial charge in [-0.2, -0.15) is 0 Å². The summed E-state index contributed by atoms with van der Waals surface area (Å²) in [5.41, 5.74) is 4.98. The van der Waals surface area contributed by atoms with Crippen molar-refractivity contribution < 1.29 is 49.2 Å². The predicted molar refractivity (Wildman–Crippen MR) is 260 cm³/mol. The Morgan fingerprint density at radius 2 is 0.448 bits per heavy atom. The zero-order valence-corrected chi connectivity index (χ0v) is 38.9. The molecule has 0 saturated carbocycles. The summed E-state index contributed by atoms with van der Waals surface area (Å²) < 4.78 is 31.8. The maximum Gasteiger partial charge on any atom is 0.0952 e. The zero-order valence-electron chi connectivity index (χ0n) is 38.9. The van der Waals surface area contributed by atoms with Crippen LogP contribution in [0, 0.1) is 0 Å². The molecule has 0 aliphatic rings. The number of benzene rings is 5. The summed E-state index contributed by atoms with van der Waals surface area (Å²) in [6.45, 7) is 5.26. The molecule has 0 amide bonds. The second kappa shape index (κ2) is 32.4. The van der Waals surface area contributed by atoms with Gasteiger partial charge in [-0.15, -0.1) is 0 Å². The maximum absolute atomic E-state index is 9.94. The smallest absolute Gasteiger partial charge is 0.0952 e. The molecule has 67 heavy (non-hydrogen) atoms. The molecule has 13 heteroatoms. The molecule has 0 fully saturated rings. The normalized spacial score (nSPS) is 14.1. The van der Waals surface area contributed by atoms with Crippen LogP contribution in [-0.2, 0) is 23.7 Å². The highest BCUT2D eigenvalue weighted by Crippen LogP contribution is 2.26. The Labute approximate surface area is 397 Å². The maximum atomic E-state index is 9.94. The Morgan fingerprint density at radius 3 is 0.642 bits per heavy atom. The van der Waals surface area contributed by atoms with Gasteiger partial charge in [-0.05, 0) is 27.8 Å². The van der Waals surface area contributed by atoms with Gasteiger partial charge in [0.2, 0.25) is 0 Å². The van der Waals surface area contributed by atoms with Gasteiger partial charge >= 0.3 is 0 Å². The van der Waals surface area contributed by atoms with Crippen LogP contribution in [-0.4, -0.2) is 165 Å². The van der Waals surface area contributed by atoms with Gasteiger partial charge in [-0.1, -0.05) is 152 Å². The molecule has 5 aromatic rings. The molecule has 5 unspecified atom stereocenters. The van der Waals surface area contributed by atoms with Crippen molar-refractivity contribution in [2.45, 2.75) is 30.5 Å². The second-order valence-electron chi connectivity index (χ2n) is 16.3. The number of rotatable bonds is 36. The molecule has 0 aliphatic carbocycles. The highest BCUT2D eigenvalue weighted by Gasteiger charge is 2.27. The van der Waals surface area contributed by atoms with Crippen LogP contribution < -0.4 is 0 Å². The largest absolute Gasteiger partial charge is 0.394 e. The van der Waals surface area contributed by atoms with E-state index in [1.54, 1.807) is 0 Å². The third-order valence-corrected chi connectivity index (χ3v) is 11.5. The Kier molecular flexibility index (Phi) is 25.8. The molecule has 5 aromatic carbocycles. The number of aliphatic hydroxyl groups excluding tert-OH is 5. The van der Waals surface area contributed by atoms with Crippen LogP contribution >= 0.6 is 0 Å². The van der Waals surface area contributed by atoms with Crippen LogP contribution in [0.3, 0.4) is 0 Å². The zero-order chi connectivity index (χ0) is 47.2. The fourth-order valence-corrected chi connectivity index (χ4v) is 8.13. The summed E-state index contributed by atoms with van der Waals surface area (Å²) in [5.74, 6) is 0. The monoisotopic (exact) mass is 924 g/mol. The Balaban J connectivity index is 1.50. The molecule has 0 saturated heterocycles. The highest BCUT2D eigenvalue weighted by atomic mass is 16.5. The first kappa shape index (κ1) is 53.5. The molecule has 0 spiro atoms. The van der Waals surface area contributed by atoms with E-state index >= 15 is 0 Å². The minimum Gasteiger partial charge on any atom is -0.394 e. The van der Waals surface area contributed by atoms with E-state index in [0.29, 0.717) is 58.9 Å². The van der Waals surface area contributed by atoms with Gasteiger partial charge in [-0.25, -0.2) is 0 Å². The van der Waals surface area contributed by atoms with Crippen molar-refractivity contribution in [3.8, 4) is 0 Å². The lowest BCUT2D eigenvalue weighted by Crippen LogP contribution is -2.45. The van der Waals surface area contributed by atoms with Crippen molar-refractivity contribution in [2.75, 3.05) is 125 Å². The molecule has 0 bridgehead atoms. The SMILES string of the molecule is OCCOC(CN(CCN(CC(OCCO)c1ccccc1)CC(OCCO)c1ccccc1)CCN(CC(OCCO)c1ccccc1)CC(OCCO)c1ccccc1)c1ccccc1. The van der Waals surface area contributed by atoms with Crippen molar-refractivity contribution >= 4 is 0 Å². The number of nitrogens with zero attached hydrogens (tertiary/aromatic N) is 3.